The molecule has 0 aromatic carbocycles. The van der Waals surface area contributed by atoms with Gasteiger partial charge in [-0.2, -0.15) is 0 Å². The van der Waals surface area contributed by atoms with E-state index in [1.54, 1.807) is 6.08 Å². The van der Waals surface area contributed by atoms with E-state index in [1.807, 2.05) is 12.2 Å². The Balaban J connectivity index is 4.13. The van der Waals surface area contributed by atoms with Crippen molar-refractivity contribution >= 4 is 19.8 Å². The Morgan fingerprint density at radius 1 is 0.542 bits per heavy atom. The lowest BCUT2D eigenvalue weighted by Crippen LogP contribution is -2.29. The second-order valence-corrected chi connectivity index (χ2v) is 17.9. The maximum atomic E-state index is 12.6. The second-order valence-electron chi connectivity index (χ2n) is 16.4. The quantitative estimate of drug-likeness (QED) is 0.0153. The van der Waals surface area contributed by atoms with Crippen molar-refractivity contribution < 1.29 is 37.6 Å². The smallest absolute Gasteiger partial charge is 0.458 e. The van der Waals surface area contributed by atoms with Crippen LogP contribution in [-0.2, 0) is 32.7 Å². The highest BCUT2D eigenvalue weighted by molar-refractivity contribution is 7.47. The first-order valence-corrected chi connectivity index (χ1v) is 26.0. The molecule has 0 heterocycles. The van der Waals surface area contributed by atoms with Gasteiger partial charge in [-0.3, -0.25) is 13.8 Å². The topological polar surface area (TPSA) is 134 Å². The third kappa shape index (κ3) is 45.6. The fourth-order valence-corrected chi connectivity index (χ4v) is 7.73. The molecule has 0 aromatic rings. The van der Waals surface area contributed by atoms with E-state index in [-0.39, 0.29) is 26.2 Å². The molecule has 2 atom stereocenters. The normalized spacial score (nSPS) is 13.5. The van der Waals surface area contributed by atoms with Gasteiger partial charge in [0.15, 0.2) is 6.10 Å². The third-order valence-corrected chi connectivity index (χ3v) is 11.6. The second kappa shape index (κ2) is 45.7. The molecule has 3 N–H and O–H groups in total. The van der Waals surface area contributed by atoms with E-state index in [1.165, 1.54) is 186 Å². The Labute approximate surface area is 363 Å². The summed E-state index contributed by atoms with van der Waals surface area (Å²) in [6.45, 7) is 3.60. The number of hydrogen-bond acceptors (Lipinski definition) is 8. The summed E-state index contributed by atoms with van der Waals surface area (Å²) in [6, 6.07) is 0. The van der Waals surface area contributed by atoms with Gasteiger partial charge in [0.1, 0.15) is 6.61 Å². The van der Waals surface area contributed by atoms with E-state index >= 15 is 0 Å². The number of unbranched alkanes of at least 4 members (excludes halogenated alkanes) is 30. The largest absolute Gasteiger partial charge is 0.472 e. The molecule has 0 saturated carbocycles. The van der Waals surface area contributed by atoms with E-state index in [0.717, 1.165) is 25.7 Å². The molecule has 0 aliphatic carbocycles. The summed E-state index contributed by atoms with van der Waals surface area (Å²) in [4.78, 5) is 34.8. The van der Waals surface area contributed by atoms with Gasteiger partial charge in [-0.25, -0.2) is 9.36 Å². The van der Waals surface area contributed by atoms with Gasteiger partial charge in [-0.15, -0.1) is 0 Å². The summed E-state index contributed by atoms with van der Waals surface area (Å²) < 4.78 is 32.6. The van der Waals surface area contributed by atoms with Crippen LogP contribution in [0, 0.1) is 0 Å². The van der Waals surface area contributed by atoms with Gasteiger partial charge < -0.3 is 20.1 Å². The van der Waals surface area contributed by atoms with Crippen molar-refractivity contribution in [1.82, 2.24) is 0 Å². The highest BCUT2D eigenvalue weighted by atomic mass is 31.2. The van der Waals surface area contributed by atoms with Gasteiger partial charge >= 0.3 is 19.8 Å². The van der Waals surface area contributed by atoms with Gasteiger partial charge in [-0.05, 0) is 38.5 Å². The van der Waals surface area contributed by atoms with Crippen LogP contribution in [0.5, 0.6) is 0 Å². The molecule has 0 aliphatic rings. The Bertz CT molecular complexity index is 1060. The number of rotatable bonds is 46. The van der Waals surface area contributed by atoms with Gasteiger partial charge in [0, 0.05) is 19.0 Å². The van der Waals surface area contributed by atoms with Crippen LogP contribution in [0.1, 0.15) is 232 Å². The fourth-order valence-electron chi connectivity index (χ4n) is 6.97. The number of phosphoric ester groups is 1. The van der Waals surface area contributed by atoms with Crippen molar-refractivity contribution in [2.45, 2.75) is 238 Å². The summed E-state index contributed by atoms with van der Waals surface area (Å²) in [6.07, 6.45) is 52.6. The van der Waals surface area contributed by atoms with Crippen LogP contribution in [0.25, 0.3) is 0 Å². The Hall–Kier alpha value is -1.77. The minimum atomic E-state index is -4.40. The van der Waals surface area contributed by atoms with E-state index in [9.17, 15) is 19.0 Å². The standard InChI is InChI=1S/C49H92NO8P/c1-3-5-7-9-11-13-15-17-19-20-21-22-23-24-25-26-28-30-32-34-36-38-40-42-49(52)58-47(46-57-59(53,54)56-44-43-50)45-55-48(51)41-39-37-35-33-31-29-27-18-16-14-12-10-8-6-4-2/h34-37,39,41,47H,3-33,38,40,42-46,50H2,1-2H3,(H,53,54)/b36-34+,37-35+,41-39+/t47-/m1/s1. The number of esters is 2. The number of carbonyl (C=O) groups excluding carboxylic acids is 2. The van der Waals surface area contributed by atoms with Crippen LogP contribution in [0.3, 0.4) is 0 Å². The number of allylic oxidation sites excluding steroid dienone is 5. The molecule has 0 saturated heterocycles. The van der Waals surface area contributed by atoms with Crippen molar-refractivity contribution in [3.05, 3.63) is 36.5 Å². The molecule has 0 aliphatic heterocycles. The van der Waals surface area contributed by atoms with Crippen LogP contribution < -0.4 is 5.73 Å². The molecule has 0 radical (unpaired) electrons. The minimum absolute atomic E-state index is 0.0397. The van der Waals surface area contributed by atoms with Crippen LogP contribution in [-0.4, -0.2) is 49.3 Å². The van der Waals surface area contributed by atoms with Gasteiger partial charge in [0.25, 0.3) is 0 Å². The van der Waals surface area contributed by atoms with Crippen molar-refractivity contribution in [3.63, 3.8) is 0 Å². The lowest BCUT2D eigenvalue weighted by Gasteiger charge is -2.19. The van der Waals surface area contributed by atoms with E-state index in [2.05, 4.69) is 26.0 Å². The summed E-state index contributed by atoms with van der Waals surface area (Å²) in [5, 5.41) is 0. The molecule has 1 unspecified atom stereocenters. The van der Waals surface area contributed by atoms with Crippen molar-refractivity contribution in [1.29, 1.82) is 0 Å². The summed E-state index contributed by atoms with van der Waals surface area (Å²) in [5.41, 5.74) is 5.35. The highest BCUT2D eigenvalue weighted by Gasteiger charge is 2.25. The Morgan fingerprint density at radius 2 is 0.949 bits per heavy atom. The molecule has 346 valence electrons. The number of carbonyl (C=O) groups is 2. The van der Waals surface area contributed by atoms with E-state index < -0.39 is 32.5 Å². The van der Waals surface area contributed by atoms with Crippen molar-refractivity contribution in [2.75, 3.05) is 26.4 Å². The Kier molecular flexibility index (Phi) is 44.4. The zero-order valence-corrected chi connectivity index (χ0v) is 39.1. The molecular formula is C49H92NO8P. The molecule has 0 fully saturated rings. The monoisotopic (exact) mass is 854 g/mol. The van der Waals surface area contributed by atoms with Crippen LogP contribution in [0.15, 0.2) is 36.5 Å². The molecule has 0 aromatic heterocycles. The van der Waals surface area contributed by atoms with Crippen LogP contribution in [0.4, 0.5) is 0 Å². The number of ether oxygens (including phenoxy) is 2. The number of hydrogen-bond donors (Lipinski definition) is 2. The van der Waals surface area contributed by atoms with E-state index in [0.29, 0.717) is 6.42 Å². The number of nitrogens with two attached hydrogens (primary N) is 1. The molecule has 0 spiro atoms. The third-order valence-electron chi connectivity index (χ3n) is 10.6. The van der Waals surface area contributed by atoms with Gasteiger partial charge in [0.2, 0.25) is 0 Å². The lowest BCUT2D eigenvalue weighted by atomic mass is 10.0. The molecule has 9 nitrogen and oxygen atoms in total. The molecular weight excluding hydrogens is 762 g/mol. The molecule has 0 bridgehead atoms. The van der Waals surface area contributed by atoms with Crippen LogP contribution in [0.2, 0.25) is 0 Å². The first-order valence-electron chi connectivity index (χ1n) is 24.5. The van der Waals surface area contributed by atoms with Crippen LogP contribution >= 0.6 is 7.82 Å². The zero-order valence-electron chi connectivity index (χ0n) is 38.2. The van der Waals surface area contributed by atoms with Crippen molar-refractivity contribution in [2.24, 2.45) is 5.73 Å². The highest BCUT2D eigenvalue weighted by Crippen LogP contribution is 2.43. The average molecular weight is 854 g/mol. The van der Waals surface area contributed by atoms with Gasteiger partial charge in [-0.1, -0.05) is 218 Å². The van der Waals surface area contributed by atoms with Crippen molar-refractivity contribution in [3.8, 4) is 0 Å². The maximum absolute atomic E-state index is 12.6. The maximum Gasteiger partial charge on any atom is 0.472 e. The Morgan fingerprint density at radius 3 is 1.39 bits per heavy atom. The van der Waals surface area contributed by atoms with E-state index in [4.69, 9.17) is 24.3 Å². The molecule has 10 heteroatoms. The minimum Gasteiger partial charge on any atom is -0.458 e. The zero-order chi connectivity index (χ0) is 43.2. The fraction of sp³-hybridized carbons (Fsp3) is 0.837. The summed E-state index contributed by atoms with van der Waals surface area (Å²) in [7, 11) is -4.40. The number of phosphoric acid groups is 1. The first-order chi connectivity index (χ1) is 28.8. The molecule has 59 heavy (non-hydrogen) atoms. The summed E-state index contributed by atoms with van der Waals surface area (Å²) >= 11 is 0. The SMILES string of the molecule is CCCCCCCCCCCCC/C=C/C=C/C(=O)OC[C@H](COP(=O)(O)OCCN)OC(=O)CCC/C=C/CCCCCCCCCCCCCCCCCCCC. The lowest BCUT2D eigenvalue weighted by molar-refractivity contribution is -0.159. The van der Waals surface area contributed by atoms with Gasteiger partial charge in [0.05, 0.1) is 13.2 Å². The average Bonchev–Trinajstić information content (AvgIpc) is 3.22. The predicted octanol–water partition coefficient (Wildman–Crippen LogP) is 14.5. The first kappa shape index (κ1) is 57.2. The molecule has 0 rings (SSSR count). The predicted molar refractivity (Wildman–Crippen MR) is 247 cm³/mol. The molecule has 0 amide bonds. The summed E-state index contributed by atoms with van der Waals surface area (Å²) in [5.74, 6) is -1.11.